The van der Waals surface area contributed by atoms with Gasteiger partial charge in [-0.15, -0.1) is 10.2 Å². The van der Waals surface area contributed by atoms with Crippen LogP contribution in [0.25, 0.3) is 4.96 Å². The van der Waals surface area contributed by atoms with Gasteiger partial charge in [-0.3, -0.25) is 4.79 Å². The van der Waals surface area contributed by atoms with Gasteiger partial charge < -0.3 is 5.32 Å². The van der Waals surface area contributed by atoms with Crippen molar-refractivity contribution in [2.75, 3.05) is 0 Å². The van der Waals surface area contributed by atoms with Crippen molar-refractivity contribution in [1.29, 1.82) is 0 Å². The first kappa shape index (κ1) is 9.71. The molecule has 0 atom stereocenters. The number of nitrogens with one attached hydrogen (secondary N) is 1. The van der Waals surface area contributed by atoms with Crippen LogP contribution in [-0.2, 0) is 11.3 Å². The lowest BCUT2D eigenvalue weighted by Gasteiger charge is -1.95. The molecule has 3 rings (SSSR count). The van der Waals surface area contributed by atoms with E-state index in [-0.39, 0.29) is 5.91 Å². The standard InChI is InChI=1S/C9H11N5OS/c1-5(15)10-4-7-13-14-8(6-2-3-6)11-12-9(14)16-7/h6H,2-4H2,1H3,(H,10,15). The van der Waals surface area contributed by atoms with Crippen molar-refractivity contribution >= 4 is 22.2 Å². The van der Waals surface area contributed by atoms with Gasteiger partial charge in [0, 0.05) is 12.8 Å². The summed E-state index contributed by atoms with van der Waals surface area (Å²) in [5.41, 5.74) is 0. The topological polar surface area (TPSA) is 72.2 Å². The van der Waals surface area contributed by atoms with E-state index in [1.54, 1.807) is 4.52 Å². The fourth-order valence-electron chi connectivity index (χ4n) is 1.54. The summed E-state index contributed by atoms with van der Waals surface area (Å²) in [6.07, 6.45) is 2.36. The largest absolute Gasteiger partial charge is 0.350 e. The molecule has 1 N–H and O–H groups in total. The van der Waals surface area contributed by atoms with E-state index >= 15 is 0 Å². The summed E-state index contributed by atoms with van der Waals surface area (Å²) in [5.74, 6) is 1.44. The molecule has 1 aliphatic carbocycles. The highest BCUT2D eigenvalue weighted by Crippen LogP contribution is 2.39. The van der Waals surface area contributed by atoms with E-state index in [1.165, 1.54) is 31.1 Å². The summed E-state index contributed by atoms with van der Waals surface area (Å²) >= 11 is 1.47. The van der Waals surface area contributed by atoms with E-state index in [9.17, 15) is 4.79 Å². The quantitative estimate of drug-likeness (QED) is 0.853. The van der Waals surface area contributed by atoms with E-state index in [2.05, 4.69) is 20.6 Å². The first-order chi connectivity index (χ1) is 7.74. The fourth-order valence-corrected chi connectivity index (χ4v) is 2.32. The lowest BCUT2D eigenvalue weighted by atomic mass is 10.4. The third-order valence-electron chi connectivity index (χ3n) is 2.49. The van der Waals surface area contributed by atoms with Crippen molar-refractivity contribution in [1.82, 2.24) is 25.1 Å². The highest BCUT2D eigenvalue weighted by atomic mass is 32.1. The van der Waals surface area contributed by atoms with Crippen molar-refractivity contribution in [3.8, 4) is 0 Å². The molecule has 6 nitrogen and oxygen atoms in total. The van der Waals surface area contributed by atoms with Crippen LogP contribution < -0.4 is 5.32 Å². The second-order valence-electron chi connectivity index (χ2n) is 3.93. The van der Waals surface area contributed by atoms with Gasteiger partial charge in [-0.05, 0) is 12.8 Å². The Balaban J connectivity index is 1.87. The molecule has 2 aromatic heterocycles. The summed E-state index contributed by atoms with van der Waals surface area (Å²) in [7, 11) is 0. The fraction of sp³-hybridized carbons (Fsp3) is 0.556. The Morgan fingerprint density at radius 3 is 3.06 bits per heavy atom. The molecule has 2 aromatic rings. The maximum absolute atomic E-state index is 10.8. The number of carbonyl (C=O) groups is 1. The van der Waals surface area contributed by atoms with Crippen molar-refractivity contribution in [3.05, 3.63) is 10.8 Å². The molecule has 0 aromatic carbocycles. The SMILES string of the molecule is CC(=O)NCc1nn2c(C3CC3)nnc2s1. The number of aromatic nitrogens is 4. The van der Waals surface area contributed by atoms with Gasteiger partial charge in [0.2, 0.25) is 10.9 Å². The van der Waals surface area contributed by atoms with Gasteiger partial charge in [0.25, 0.3) is 0 Å². The summed E-state index contributed by atoms with van der Waals surface area (Å²) in [6.45, 7) is 1.96. The van der Waals surface area contributed by atoms with Crippen LogP contribution in [0.2, 0.25) is 0 Å². The predicted molar refractivity (Wildman–Crippen MR) is 58.2 cm³/mol. The maximum atomic E-state index is 10.8. The van der Waals surface area contributed by atoms with Crippen molar-refractivity contribution in [3.63, 3.8) is 0 Å². The number of nitrogens with zero attached hydrogens (tertiary/aromatic N) is 4. The molecule has 0 radical (unpaired) electrons. The summed E-state index contributed by atoms with van der Waals surface area (Å²) in [6, 6.07) is 0. The Hall–Kier alpha value is -1.50. The van der Waals surface area contributed by atoms with Crippen LogP contribution in [0.3, 0.4) is 0 Å². The minimum atomic E-state index is -0.0478. The first-order valence-electron chi connectivity index (χ1n) is 5.19. The van der Waals surface area contributed by atoms with Crippen LogP contribution in [0.1, 0.15) is 36.5 Å². The van der Waals surface area contributed by atoms with E-state index < -0.39 is 0 Å². The highest BCUT2D eigenvalue weighted by Gasteiger charge is 2.29. The van der Waals surface area contributed by atoms with Gasteiger partial charge in [-0.25, -0.2) is 0 Å². The molecule has 1 amide bonds. The van der Waals surface area contributed by atoms with Crippen LogP contribution in [0.5, 0.6) is 0 Å². The molecular formula is C9H11N5OS. The molecular weight excluding hydrogens is 226 g/mol. The minimum Gasteiger partial charge on any atom is -0.350 e. The van der Waals surface area contributed by atoms with Crippen molar-refractivity contribution in [2.24, 2.45) is 0 Å². The molecule has 0 aliphatic heterocycles. The molecule has 84 valence electrons. The average molecular weight is 237 g/mol. The second kappa shape index (κ2) is 3.51. The zero-order valence-electron chi connectivity index (χ0n) is 8.80. The van der Waals surface area contributed by atoms with Gasteiger partial charge in [-0.2, -0.15) is 9.61 Å². The second-order valence-corrected chi connectivity index (χ2v) is 4.97. The molecule has 1 aliphatic rings. The number of amides is 1. The zero-order chi connectivity index (χ0) is 11.1. The number of carbonyl (C=O) groups excluding carboxylic acids is 1. The molecule has 0 spiro atoms. The zero-order valence-corrected chi connectivity index (χ0v) is 9.62. The van der Waals surface area contributed by atoms with Crippen LogP contribution >= 0.6 is 11.3 Å². The normalized spacial score (nSPS) is 15.6. The smallest absolute Gasteiger partial charge is 0.234 e. The van der Waals surface area contributed by atoms with E-state index in [0.717, 1.165) is 15.8 Å². The van der Waals surface area contributed by atoms with E-state index in [1.807, 2.05) is 0 Å². The maximum Gasteiger partial charge on any atom is 0.234 e. The molecule has 1 saturated carbocycles. The molecule has 7 heteroatoms. The number of hydrogen-bond acceptors (Lipinski definition) is 5. The minimum absolute atomic E-state index is 0.0478. The summed E-state index contributed by atoms with van der Waals surface area (Å²) in [4.78, 5) is 11.6. The number of rotatable bonds is 3. The Labute approximate surface area is 95.7 Å². The molecule has 0 unspecified atom stereocenters. The lowest BCUT2D eigenvalue weighted by molar-refractivity contribution is -0.119. The summed E-state index contributed by atoms with van der Waals surface area (Å²) < 4.78 is 1.81. The monoisotopic (exact) mass is 237 g/mol. The van der Waals surface area contributed by atoms with Gasteiger partial charge in [0.05, 0.1) is 6.54 Å². The van der Waals surface area contributed by atoms with Gasteiger partial charge in [0.1, 0.15) is 5.01 Å². The number of fused-ring (bicyclic) bond motifs is 1. The predicted octanol–water partition coefficient (Wildman–Crippen LogP) is 0.699. The highest BCUT2D eigenvalue weighted by molar-refractivity contribution is 7.16. The van der Waals surface area contributed by atoms with Gasteiger partial charge >= 0.3 is 0 Å². The third-order valence-corrected chi connectivity index (χ3v) is 3.39. The Kier molecular flexibility index (Phi) is 2.13. The molecule has 0 bridgehead atoms. The molecule has 0 saturated heterocycles. The van der Waals surface area contributed by atoms with Crippen molar-refractivity contribution in [2.45, 2.75) is 32.2 Å². The van der Waals surface area contributed by atoms with Crippen LogP contribution in [-0.4, -0.2) is 25.7 Å². The van der Waals surface area contributed by atoms with E-state index in [4.69, 9.17) is 0 Å². The lowest BCUT2D eigenvalue weighted by Crippen LogP contribution is -2.18. The molecule has 2 heterocycles. The summed E-state index contributed by atoms with van der Waals surface area (Å²) in [5, 5.41) is 16.2. The Bertz CT molecular complexity index is 541. The van der Waals surface area contributed by atoms with Crippen molar-refractivity contribution < 1.29 is 4.79 Å². The number of hydrogen-bond donors (Lipinski definition) is 1. The van der Waals surface area contributed by atoms with E-state index in [0.29, 0.717) is 12.5 Å². The first-order valence-corrected chi connectivity index (χ1v) is 6.01. The molecule has 1 fully saturated rings. The van der Waals surface area contributed by atoms with Crippen LogP contribution in [0.4, 0.5) is 0 Å². The molecule has 16 heavy (non-hydrogen) atoms. The Morgan fingerprint density at radius 2 is 2.38 bits per heavy atom. The Morgan fingerprint density at radius 1 is 1.56 bits per heavy atom. The van der Waals surface area contributed by atoms with Gasteiger partial charge in [0.15, 0.2) is 5.82 Å². The van der Waals surface area contributed by atoms with Crippen LogP contribution in [0.15, 0.2) is 0 Å². The van der Waals surface area contributed by atoms with Gasteiger partial charge in [-0.1, -0.05) is 11.3 Å². The van der Waals surface area contributed by atoms with Crippen LogP contribution in [0, 0.1) is 0 Å². The average Bonchev–Trinajstić information content (AvgIpc) is 2.88. The third kappa shape index (κ3) is 1.67.